The first-order valence-corrected chi connectivity index (χ1v) is 6.71. The summed E-state index contributed by atoms with van der Waals surface area (Å²) < 4.78 is 9.36. The lowest BCUT2D eigenvalue weighted by molar-refractivity contribution is 0.0598. The number of carbonyl (C=O) groups excluding carboxylic acids is 2. The van der Waals surface area contributed by atoms with Crippen LogP contribution in [0.25, 0.3) is 10.4 Å². The van der Waals surface area contributed by atoms with Crippen LogP contribution in [0.2, 0.25) is 0 Å². The second kappa shape index (κ2) is 5.32. The highest BCUT2D eigenvalue weighted by Crippen LogP contribution is 2.34. The lowest BCUT2D eigenvalue weighted by atomic mass is 10.2. The molecule has 0 aliphatic rings. The van der Waals surface area contributed by atoms with Crippen LogP contribution in [0.4, 0.5) is 0 Å². The van der Waals surface area contributed by atoms with Crippen molar-refractivity contribution in [2.24, 2.45) is 0 Å². The van der Waals surface area contributed by atoms with Gasteiger partial charge in [-0.1, -0.05) is 0 Å². The monoisotopic (exact) mass is 282 g/mol. The van der Waals surface area contributed by atoms with E-state index >= 15 is 0 Å². The van der Waals surface area contributed by atoms with Crippen molar-refractivity contribution in [1.29, 1.82) is 0 Å². The van der Waals surface area contributed by atoms with Crippen LogP contribution in [-0.4, -0.2) is 26.2 Å². The van der Waals surface area contributed by atoms with Crippen LogP contribution in [0, 0.1) is 0 Å². The highest BCUT2D eigenvalue weighted by atomic mass is 32.1. The van der Waals surface area contributed by atoms with Crippen molar-refractivity contribution < 1.29 is 19.1 Å². The average molecular weight is 282 g/mol. The first-order valence-electron chi connectivity index (χ1n) is 5.01. The molecule has 2 aromatic heterocycles. The molecular formula is C12H10O4S2. The Morgan fingerprint density at radius 1 is 1.06 bits per heavy atom. The van der Waals surface area contributed by atoms with Crippen LogP contribution >= 0.6 is 22.7 Å². The lowest BCUT2D eigenvalue weighted by Crippen LogP contribution is -1.99. The van der Waals surface area contributed by atoms with Crippen LogP contribution in [0.5, 0.6) is 0 Å². The number of rotatable bonds is 3. The Morgan fingerprint density at radius 2 is 1.78 bits per heavy atom. The van der Waals surface area contributed by atoms with Gasteiger partial charge in [-0.15, -0.1) is 22.7 Å². The maximum Gasteiger partial charge on any atom is 0.348 e. The van der Waals surface area contributed by atoms with Gasteiger partial charge in [0.1, 0.15) is 9.75 Å². The molecule has 0 N–H and O–H groups in total. The molecule has 2 heterocycles. The number of hydrogen-bond acceptors (Lipinski definition) is 6. The third-order valence-corrected chi connectivity index (χ3v) is 4.29. The molecule has 0 fully saturated rings. The van der Waals surface area contributed by atoms with Crippen LogP contribution in [0.15, 0.2) is 23.6 Å². The van der Waals surface area contributed by atoms with Gasteiger partial charge in [-0.2, -0.15) is 0 Å². The van der Waals surface area contributed by atoms with Crippen molar-refractivity contribution in [3.63, 3.8) is 0 Å². The Hall–Kier alpha value is -1.66. The van der Waals surface area contributed by atoms with Crippen molar-refractivity contribution in [1.82, 2.24) is 0 Å². The number of thiophene rings is 2. The minimum atomic E-state index is -0.374. The number of hydrogen-bond donors (Lipinski definition) is 0. The molecule has 0 bridgehead atoms. The fourth-order valence-electron chi connectivity index (χ4n) is 1.45. The van der Waals surface area contributed by atoms with E-state index in [0.717, 1.165) is 10.4 Å². The van der Waals surface area contributed by atoms with Crippen molar-refractivity contribution in [3.8, 4) is 10.4 Å². The standard InChI is InChI=1S/C12H10O4S2/c1-15-11(13)9-4-3-8(18-9)7-5-6-17-10(7)12(14)16-2/h3-6H,1-2H3. The Balaban J connectivity index is 2.38. The number of esters is 2. The van der Waals surface area contributed by atoms with Crippen LogP contribution < -0.4 is 0 Å². The van der Waals surface area contributed by atoms with Gasteiger partial charge in [0.25, 0.3) is 0 Å². The minimum absolute atomic E-state index is 0.368. The number of methoxy groups -OCH3 is 2. The zero-order chi connectivity index (χ0) is 13.1. The zero-order valence-corrected chi connectivity index (χ0v) is 11.4. The van der Waals surface area contributed by atoms with Crippen molar-refractivity contribution in [2.45, 2.75) is 0 Å². The van der Waals surface area contributed by atoms with E-state index in [1.165, 1.54) is 36.9 Å². The average Bonchev–Trinajstić information content (AvgIpc) is 3.04. The smallest absolute Gasteiger partial charge is 0.348 e. The van der Waals surface area contributed by atoms with E-state index in [1.54, 1.807) is 12.1 Å². The predicted molar refractivity (Wildman–Crippen MR) is 70.3 cm³/mol. The molecule has 0 saturated carbocycles. The van der Waals surface area contributed by atoms with E-state index in [4.69, 9.17) is 4.74 Å². The second-order valence-corrected chi connectivity index (χ2v) is 5.31. The first kappa shape index (κ1) is 12.8. The molecule has 0 saturated heterocycles. The Kier molecular flexibility index (Phi) is 3.78. The molecule has 6 heteroatoms. The molecule has 0 aliphatic heterocycles. The summed E-state index contributed by atoms with van der Waals surface area (Å²) in [6.45, 7) is 0. The van der Waals surface area contributed by atoms with E-state index in [0.29, 0.717) is 9.75 Å². The normalized spacial score (nSPS) is 10.1. The number of carbonyl (C=O) groups is 2. The fourth-order valence-corrected chi connectivity index (χ4v) is 3.29. The van der Waals surface area contributed by atoms with E-state index < -0.39 is 0 Å². The van der Waals surface area contributed by atoms with Crippen molar-refractivity contribution in [2.75, 3.05) is 14.2 Å². The largest absolute Gasteiger partial charge is 0.465 e. The van der Waals surface area contributed by atoms with Gasteiger partial charge >= 0.3 is 11.9 Å². The maximum absolute atomic E-state index is 11.6. The molecule has 18 heavy (non-hydrogen) atoms. The van der Waals surface area contributed by atoms with E-state index in [-0.39, 0.29) is 11.9 Å². The summed E-state index contributed by atoms with van der Waals surface area (Å²) in [5.41, 5.74) is 0.784. The SMILES string of the molecule is COC(=O)c1ccc(-c2ccsc2C(=O)OC)s1. The van der Waals surface area contributed by atoms with E-state index in [1.807, 2.05) is 11.4 Å². The molecule has 0 aliphatic carbocycles. The topological polar surface area (TPSA) is 52.6 Å². The van der Waals surface area contributed by atoms with Crippen LogP contribution in [-0.2, 0) is 9.47 Å². The van der Waals surface area contributed by atoms with Gasteiger partial charge in [0, 0.05) is 10.4 Å². The minimum Gasteiger partial charge on any atom is -0.465 e. The molecule has 0 spiro atoms. The molecule has 0 atom stereocenters. The second-order valence-electron chi connectivity index (χ2n) is 3.31. The van der Waals surface area contributed by atoms with Crippen molar-refractivity contribution >= 4 is 34.6 Å². The molecule has 4 nitrogen and oxygen atoms in total. The van der Waals surface area contributed by atoms with Gasteiger partial charge in [0.15, 0.2) is 0 Å². The quantitative estimate of drug-likeness (QED) is 0.812. The van der Waals surface area contributed by atoms with Gasteiger partial charge in [0.2, 0.25) is 0 Å². The van der Waals surface area contributed by atoms with Gasteiger partial charge < -0.3 is 9.47 Å². The van der Waals surface area contributed by atoms with Gasteiger partial charge in [0.05, 0.1) is 14.2 Å². The van der Waals surface area contributed by atoms with E-state index in [2.05, 4.69) is 4.74 Å². The summed E-state index contributed by atoms with van der Waals surface area (Å²) in [7, 11) is 2.69. The molecule has 0 amide bonds. The molecule has 0 unspecified atom stereocenters. The third kappa shape index (κ3) is 2.30. The maximum atomic E-state index is 11.6. The summed E-state index contributed by atoms with van der Waals surface area (Å²) in [5, 5.41) is 1.82. The summed E-state index contributed by atoms with van der Waals surface area (Å²) in [6.07, 6.45) is 0. The molecule has 0 aromatic carbocycles. The molecular weight excluding hydrogens is 272 g/mol. The molecule has 2 aromatic rings. The Morgan fingerprint density at radius 3 is 2.44 bits per heavy atom. The molecule has 94 valence electrons. The summed E-state index contributed by atoms with van der Waals surface area (Å²) in [5.74, 6) is -0.742. The first-order chi connectivity index (χ1) is 8.67. The highest BCUT2D eigenvalue weighted by molar-refractivity contribution is 7.18. The van der Waals surface area contributed by atoms with Gasteiger partial charge in [-0.25, -0.2) is 9.59 Å². The summed E-state index contributed by atoms with van der Waals surface area (Å²) in [4.78, 5) is 24.8. The van der Waals surface area contributed by atoms with E-state index in [9.17, 15) is 9.59 Å². The fraction of sp³-hybridized carbons (Fsp3) is 0.167. The van der Waals surface area contributed by atoms with Crippen molar-refractivity contribution in [3.05, 3.63) is 33.3 Å². The summed E-state index contributed by atoms with van der Waals surface area (Å²) >= 11 is 2.61. The lowest BCUT2D eigenvalue weighted by Gasteiger charge is -1.99. The van der Waals surface area contributed by atoms with Gasteiger partial charge in [-0.3, -0.25) is 0 Å². The summed E-state index contributed by atoms with van der Waals surface area (Å²) in [6, 6.07) is 5.32. The molecule has 0 radical (unpaired) electrons. The van der Waals surface area contributed by atoms with Crippen LogP contribution in [0.1, 0.15) is 19.3 Å². The zero-order valence-electron chi connectivity index (χ0n) is 9.76. The third-order valence-electron chi connectivity index (χ3n) is 2.29. The van der Waals surface area contributed by atoms with Crippen LogP contribution in [0.3, 0.4) is 0 Å². The molecule has 2 rings (SSSR count). The van der Waals surface area contributed by atoms with Gasteiger partial charge in [-0.05, 0) is 23.6 Å². The Bertz CT molecular complexity index is 582. The Labute approximate surface area is 112 Å². The highest BCUT2D eigenvalue weighted by Gasteiger charge is 2.17. The predicted octanol–water partition coefficient (Wildman–Crippen LogP) is 3.05. The number of ether oxygens (including phenoxy) is 2.